The van der Waals surface area contributed by atoms with Gasteiger partial charge < -0.3 is 5.32 Å². The Bertz CT molecular complexity index is 648. The van der Waals surface area contributed by atoms with Gasteiger partial charge in [0.1, 0.15) is 5.82 Å². The van der Waals surface area contributed by atoms with Gasteiger partial charge in [-0.2, -0.15) is 0 Å². The standard InChI is InChI=1S/C16H17FN2O2/c1-11-6-14(7-12(2)16(11)17)10-18-9-13-4-3-5-15(8-13)19(20)21/h3-8,18H,9-10H2,1-2H3. The summed E-state index contributed by atoms with van der Waals surface area (Å²) in [6.07, 6.45) is 0. The molecule has 2 aromatic carbocycles. The minimum atomic E-state index is -0.407. The summed E-state index contributed by atoms with van der Waals surface area (Å²) in [4.78, 5) is 10.3. The number of rotatable bonds is 5. The summed E-state index contributed by atoms with van der Waals surface area (Å²) in [5.41, 5.74) is 3.18. The molecule has 2 aromatic rings. The van der Waals surface area contributed by atoms with E-state index in [1.54, 1.807) is 26.0 Å². The van der Waals surface area contributed by atoms with Crippen LogP contribution in [0.4, 0.5) is 10.1 Å². The fraction of sp³-hybridized carbons (Fsp3) is 0.250. The molecule has 5 heteroatoms. The van der Waals surface area contributed by atoms with E-state index in [4.69, 9.17) is 0 Å². The first-order valence-corrected chi connectivity index (χ1v) is 6.67. The van der Waals surface area contributed by atoms with Crippen molar-refractivity contribution in [3.63, 3.8) is 0 Å². The van der Waals surface area contributed by atoms with Crippen LogP contribution in [0.2, 0.25) is 0 Å². The highest BCUT2D eigenvalue weighted by Gasteiger charge is 2.06. The summed E-state index contributed by atoms with van der Waals surface area (Å²) in [5, 5.41) is 13.9. The zero-order chi connectivity index (χ0) is 15.4. The van der Waals surface area contributed by atoms with Crippen molar-refractivity contribution in [3.8, 4) is 0 Å². The molecule has 1 N–H and O–H groups in total. The topological polar surface area (TPSA) is 55.2 Å². The van der Waals surface area contributed by atoms with Gasteiger partial charge in [-0.15, -0.1) is 0 Å². The van der Waals surface area contributed by atoms with Crippen LogP contribution in [0.5, 0.6) is 0 Å². The van der Waals surface area contributed by atoms with Crippen molar-refractivity contribution in [2.75, 3.05) is 0 Å². The molecular weight excluding hydrogens is 271 g/mol. The lowest BCUT2D eigenvalue weighted by Gasteiger charge is -2.08. The van der Waals surface area contributed by atoms with Crippen molar-refractivity contribution in [1.29, 1.82) is 0 Å². The van der Waals surface area contributed by atoms with E-state index >= 15 is 0 Å². The van der Waals surface area contributed by atoms with Gasteiger partial charge in [0, 0.05) is 25.2 Å². The average molecular weight is 288 g/mol. The number of nitro groups is 1. The summed E-state index contributed by atoms with van der Waals surface area (Å²) in [5.74, 6) is -0.169. The van der Waals surface area contributed by atoms with Gasteiger partial charge in [-0.3, -0.25) is 10.1 Å². The molecule has 0 amide bonds. The maximum absolute atomic E-state index is 13.5. The fourth-order valence-electron chi connectivity index (χ4n) is 2.27. The molecule has 0 aliphatic heterocycles. The average Bonchev–Trinajstić information content (AvgIpc) is 2.45. The van der Waals surface area contributed by atoms with Crippen LogP contribution in [-0.2, 0) is 13.1 Å². The Kier molecular flexibility index (Phi) is 4.65. The summed E-state index contributed by atoms with van der Waals surface area (Å²) in [6, 6.07) is 10.1. The Hall–Kier alpha value is -2.27. The van der Waals surface area contributed by atoms with Gasteiger partial charge in [-0.25, -0.2) is 4.39 Å². The lowest BCUT2D eigenvalue weighted by Crippen LogP contribution is -2.13. The summed E-state index contributed by atoms with van der Waals surface area (Å²) in [6.45, 7) is 4.60. The molecule has 0 saturated carbocycles. The Morgan fingerprint density at radius 2 is 1.71 bits per heavy atom. The van der Waals surface area contributed by atoms with E-state index in [0.717, 1.165) is 11.1 Å². The van der Waals surface area contributed by atoms with Crippen LogP contribution >= 0.6 is 0 Å². The van der Waals surface area contributed by atoms with Crippen molar-refractivity contribution in [2.45, 2.75) is 26.9 Å². The van der Waals surface area contributed by atoms with Gasteiger partial charge in [0.2, 0.25) is 0 Å². The minimum absolute atomic E-state index is 0.0859. The molecule has 0 unspecified atom stereocenters. The van der Waals surface area contributed by atoms with E-state index in [1.165, 1.54) is 6.07 Å². The Labute approximate surface area is 122 Å². The number of nitrogens with zero attached hydrogens (tertiary/aromatic N) is 1. The number of benzene rings is 2. The molecule has 0 aromatic heterocycles. The van der Waals surface area contributed by atoms with E-state index < -0.39 is 4.92 Å². The number of non-ortho nitro benzene ring substituents is 1. The second-order valence-electron chi connectivity index (χ2n) is 5.07. The molecule has 0 aliphatic rings. The van der Waals surface area contributed by atoms with Crippen LogP contribution in [0.15, 0.2) is 36.4 Å². The lowest BCUT2D eigenvalue weighted by molar-refractivity contribution is -0.384. The quantitative estimate of drug-likeness (QED) is 0.675. The number of nitrogens with one attached hydrogen (secondary N) is 1. The third-order valence-electron chi connectivity index (χ3n) is 3.28. The molecule has 4 nitrogen and oxygen atoms in total. The molecule has 0 radical (unpaired) electrons. The highest BCUT2D eigenvalue weighted by molar-refractivity contribution is 5.34. The molecule has 0 fully saturated rings. The Balaban J connectivity index is 1.98. The van der Waals surface area contributed by atoms with Crippen LogP contribution in [0, 0.1) is 29.8 Å². The lowest BCUT2D eigenvalue weighted by atomic mass is 10.1. The van der Waals surface area contributed by atoms with Crippen molar-refractivity contribution < 1.29 is 9.31 Å². The third-order valence-corrected chi connectivity index (χ3v) is 3.28. The molecule has 0 bridgehead atoms. The number of hydrogen-bond donors (Lipinski definition) is 1. The van der Waals surface area contributed by atoms with Gasteiger partial charge in [0.25, 0.3) is 5.69 Å². The highest BCUT2D eigenvalue weighted by Crippen LogP contribution is 2.15. The third kappa shape index (κ3) is 3.86. The van der Waals surface area contributed by atoms with E-state index in [-0.39, 0.29) is 11.5 Å². The fourth-order valence-corrected chi connectivity index (χ4v) is 2.27. The first-order valence-electron chi connectivity index (χ1n) is 6.67. The zero-order valence-corrected chi connectivity index (χ0v) is 12.0. The summed E-state index contributed by atoms with van der Waals surface area (Å²) < 4.78 is 13.5. The molecule has 0 aliphatic carbocycles. The SMILES string of the molecule is Cc1cc(CNCc2cccc([N+](=O)[O-])c2)cc(C)c1F. The van der Waals surface area contributed by atoms with Gasteiger partial charge in [0.15, 0.2) is 0 Å². The van der Waals surface area contributed by atoms with Crippen LogP contribution in [0.1, 0.15) is 22.3 Å². The summed E-state index contributed by atoms with van der Waals surface area (Å²) >= 11 is 0. The second-order valence-corrected chi connectivity index (χ2v) is 5.07. The number of nitro benzene ring substituents is 1. The Morgan fingerprint density at radius 3 is 2.33 bits per heavy atom. The minimum Gasteiger partial charge on any atom is -0.309 e. The van der Waals surface area contributed by atoms with Crippen LogP contribution in [0.25, 0.3) is 0 Å². The highest BCUT2D eigenvalue weighted by atomic mass is 19.1. The Morgan fingerprint density at radius 1 is 1.10 bits per heavy atom. The van der Waals surface area contributed by atoms with Crippen LogP contribution in [0.3, 0.4) is 0 Å². The maximum atomic E-state index is 13.5. The van der Waals surface area contributed by atoms with E-state index in [9.17, 15) is 14.5 Å². The van der Waals surface area contributed by atoms with Gasteiger partial charge >= 0.3 is 0 Å². The first-order chi connectivity index (χ1) is 9.97. The molecule has 0 spiro atoms. The molecule has 110 valence electrons. The monoisotopic (exact) mass is 288 g/mol. The van der Waals surface area contributed by atoms with Gasteiger partial charge in [-0.1, -0.05) is 24.3 Å². The van der Waals surface area contributed by atoms with Gasteiger partial charge in [0.05, 0.1) is 4.92 Å². The molecule has 0 heterocycles. The van der Waals surface area contributed by atoms with Crippen molar-refractivity contribution in [2.24, 2.45) is 0 Å². The largest absolute Gasteiger partial charge is 0.309 e. The van der Waals surface area contributed by atoms with Crippen molar-refractivity contribution in [1.82, 2.24) is 5.32 Å². The number of halogens is 1. The predicted molar refractivity (Wildman–Crippen MR) is 79.5 cm³/mol. The number of aryl methyl sites for hydroxylation is 2. The predicted octanol–water partition coefficient (Wildman–Crippen LogP) is 3.64. The molecule has 2 rings (SSSR count). The summed E-state index contributed by atoms with van der Waals surface area (Å²) in [7, 11) is 0. The number of hydrogen-bond acceptors (Lipinski definition) is 3. The molecular formula is C16H17FN2O2. The smallest absolute Gasteiger partial charge is 0.269 e. The first kappa shape index (κ1) is 15.1. The molecule has 21 heavy (non-hydrogen) atoms. The van der Waals surface area contributed by atoms with E-state index in [1.807, 2.05) is 18.2 Å². The van der Waals surface area contributed by atoms with E-state index in [0.29, 0.717) is 24.2 Å². The van der Waals surface area contributed by atoms with E-state index in [2.05, 4.69) is 5.32 Å². The zero-order valence-electron chi connectivity index (χ0n) is 12.0. The van der Waals surface area contributed by atoms with Gasteiger partial charge in [-0.05, 0) is 36.1 Å². The van der Waals surface area contributed by atoms with Crippen molar-refractivity contribution >= 4 is 5.69 Å². The second kappa shape index (κ2) is 6.45. The maximum Gasteiger partial charge on any atom is 0.269 e. The molecule has 0 atom stereocenters. The molecule has 0 saturated heterocycles. The van der Waals surface area contributed by atoms with Crippen LogP contribution in [-0.4, -0.2) is 4.92 Å². The normalized spacial score (nSPS) is 10.6. The van der Waals surface area contributed by atoms with Crippen molar-refractivity contribution in [3.05, 3.63) is 74.6 Å². The van der Waals surface area contributed by atoms with Crippen LogP contribution < -0.4 is 5.32 Å².